The van der Waals surface area contributed by atoms with Crippen molar-refractivity contribution in [3.05, 3.63) is 356 Å². The van der Waals surface area contributed by atoms with E-state index in [2.05, 4.69) is 367 Å². The Morgan fingerprint density at radius 1 is 0.326 bits per heavy atom. The summed E-state index contributed by atoms with van der Waals surface area (Å²) in [6.07, 6.45) is 48.1. The number of furan rings is 1. The molecule has 0 saturated heterocycles. The number of unbranched alkanes of at least 4 members (excludes halogenated alkanes) is 20. The van der Waals surface area contributed by atoms with Crippen molar-refractivity contribution in [2.75, 3.05) is 4.90 Å². The summed E-state index contributed by atoms with van der Waals surface area (Å²) in [5, 5.41) is 2.32. The Morgan fingerprint density at radius 2 is 0.738 bits per heavy atom. The number of ether oxygens (including phenoxy) is 1. The molecule has 712 valence electrons. The summed E-state index contributed by atoms with van der Waals surface area (Å²) in [5.41, 5.74) is 48.5. The van der Waals surface area contributed by atoms with Crippen LogP contribution in [0, 0.1) is 11.8 Å². The Kier molecular flexibility index (Phi) is 24.4. The van der Waals surface area contributed by atoms with E-state index in [-0.39, 0.29) is 27.6 Å². The zero-order valence-corrected chi connectivity index (χ0v) is 86.2. The molecule has 1 atom stereocenters. The van der Waals surface area contributed by atoms with Crippen molar-refractivity contribution in [2.24, 2.45) is 0 Å². The van der Waals surface area contributed by atoms with Gasteiger partial charge in [-0.3, -0.25) is 0 Å². The topological polar surface area (TPSA) is 25.6 Å². The van der Waals surface area contributed by atoms with E-state index < -0.39 is 10.8 Å². The van der Waals surface area contributed by atoms with Crippen molar-refractivity contribution >= 4 is 50.1 Å². The minimum absolute atomic E-state index is 0.0148. The summed E-state index contributed by atoms with van der Waals surface area (Å²) in [6.45, 7) is 29.1. The Labute approximate surface area is 841 Å². The zero-order chi connectivity index (χ0) is 96.3. The summed E-state index contributed by atoms with van der Waals surface area (Å²) in [5.74, 6) is 9.77. The molecule has 23 rings (SSSR count). The average molecular weight is 1850 g/mol. The molecule has 0 saturated carbocycles. The van der Waals surface area contributed by atoms with Crippen LogP contribution in [-0.2, 0) is 32.5 Å². The highest BCUT2D eigenvalue weighted by Crippen LogP contribution is 2.66. The van der Waals surface area contributed by atoms with Crippen molar-refractivity contribution in [2.45, 2.75) is 321 Å². The number of allylic oxidation sites excluding steroid dienone is 8. The number of anilines is 3. The first-order valence-corrected chi connectivity index (χ1v) is 55.0. The van der Waals surface area contributed by atoms with E-state index in [4.69, 9.17) is 9.15 Å². The van der Waals surface area contributed by atoms with Crippen molar-refractivity contribution in [1.29, 1.82) is 0 Å². The lowest BCUT2D eigenvalue weighted by atomic mass is 9.70. The molecule has 0 spiro atoms. The minimum Gasteiger partial charge on any atom is -0.460 e. The smallest absolute Gasteiger partial charge is 0.144 e. The molecule has 2 heterocycles. The monoisotopic (exact) mass is 1850 g/mol. The highest BCUT2D eigenvalue weighted by molar-refractivity contribution is 6.18. The molecule has 1 aromatic heterocycles. The van der Waals surface area contributed by atoms with Gasteiger partial charge in [0.05, 0.1) is 0 Å². The van der Waals surface area contributed by atoms with Crippen LogP contribution in [0.15, 0.2) is 283 Å². The predicted molar refractivity (Wildman–Crippen MR) is 598 cm³/mol. The standard InChI is InChI=1S/C138H143NO2/c1-13-17-21-25-29-46-76-137(77-47-30-26-22-18-14-2)113-58-42-38-53-99(113)105-71-64-92(82-121(105)137)90-62-69-102-101-55-37-36-50-94(84-117(101)133(5,6)115(102)80-90)111-88-123-129(131-127(111)109-56-40-44-60-125(109)140-131)107-74-67-97(86-119(107)135(123,9)10)139(96-51-34-33-35-52-96)98-68-75-108-120(87-98)136(11,12)124-89-112(128-110-57-41-45-61-126(110)141-132(128)130(108)124)95-66-73-104-103-70-63-91(81-116(103)134(7,8)118(104)85-95)93-65-72-106-100-54-39-43-59-114(100)138(122(106)83-93,78-48-31-27-23-19-15-3)79-49-32-28-24-20-16-4/h33-35,38-45,51-54,57-75,80-89,109H,13-32,46-50,55-56,76-79H2,1-12H3/b94-84+. The van der Waals surface area contributed by atoms with Crippen LogP contribution in [0.25, 0.3) is 122 Å². The maximum Gasteiger partial charge on any atom is 0.144 e. The largest absolute Gasteiger partial charge is 0.460 e. The maximum absolute atomic E-state index is 7.46. The molecule has 13 aromatic carbocycles. The number of hydrogen-bond donors (Lipinski definition) is 0. The summed E-state index contributed by atoms with van der Waals surface area (Å²) in [7, 11) is 0. The molecular formula is C138H143NO2. The fourth-order valence-corrected chi connectivity index (χ4v) is 28.1. The van der Waals surface area contributed by atoms with Gasteiger partial charge in [0, 0.05) is 95.8 Å². The SMILES string of the molecule is CCCCCCCCC1(CCCCCCCC)c2ccccc2-c2ccc(-c3ccc4c(c3)C(C)(C)C3=C4CC#CC/C(c4cc5c(c6c4C4CC=CC=C4O6)-c4ccc(N(c6ccccc6)c6ccc7c(c6)C(C)(C)c6cc(-c8ccc9c(c8)C(C)(C)c8cc(-c%10ccc%11c(c%10)C(CCCCCCCC)(CCCCCCCC)c%10ccccc%10-%11)ccc8-9)c8c(oc9ccccc98)c6-7)cc4C5(C)C)=C\3)cc21. The van der Waals surface area contributed by atoms with Gasteiger partial charge in [-0.2, -0.15) is 0 Å². The molecule has 1 unspecified atom stereocenters. The van der Waals surface area contributed by atoms with Crippen molar-refractivity contribution in [3.8, 4) is 107 Å². The summed E-state index contributed by atoms with van der Waals surface area (Å²) in [4.78, 5) is 2.51. The van der Waals surface area contributed by atoms with Crippen molar-refractivity contribution < 1.29 is 9.15 Å². The maximum atomic E-state index is 7.46. The van der Waals surface area contributed by atoms with E-state index in [9.17, 15) is 0 Å². The molecule has 0 bridgehead atoms. The number of nitrogens with zero attached hydrogens (tertiary/aromatic N) is 1. The first-order valence-electron chi connectivity index (χ1n) is 55.0. The first kappa shape index (κ1) is 92.5. The van der Waals surface area contributed by atoms with Gasteiger partial charge in [0.25, 0.3) is 0 Å². The lowest BCUT2D eigenvalue weighted by Crippen LogP contribution is -2.25. The Morgan fingerprint density at radius 3 is 1.28 bits per heavy atom. The van der Waals surface area contributed by atoms with E-state index in [0.29, 0.717) is 6.42 Å². The van der Waals surface area contributed by atoms with Crippen molar-refractivity contribution in [1.82, 2.24) is 0 Å². The number of para-hydroxylation sites is 2. The first-order chi connectivity index (χ1) is 68.8. The van der Waals surface area contributed by atoms with Gasteiger partial charge in [-0.15, -0.1) is 0 Å². The molecule has 0 fully saturated rings. The van der Waals surface area contributed by atoms with E-state index in [1.807, 2.05) is 0 Å². The Balaban J connectivity index is 0.562. The fraction of sp³-hybridized carbons (Fsp3) is 0.362. The molecule has 0 N–H and O–H groups in total. The van der Waals surface area contributed by atoms with Gasteiger partial charge < -0.3 is 14.1 Å². The van der Waals surface area contributed by atoms with Crippen molar-refractivity contribution in [3.63, 3.8) is 0 Å². The fourth-order valence-electron chi connectivity index (χ4n) is 28.1. The molecule has 1 aliphatic heterocycles. The van der Waals surface area contributed by atoms with E-state index in [1.54, 1.807) is 22.3 Å². The molecule has 141 heavy (non-hydrogen) atoms. The van der Waals surface area contributed by atoms with E-state index in [0.717, 1.165) is 58.0 Å². The third-order valence-corrected chi connectivity index (χ3v) is 35.8. The van der Waals surface area contributed by atoms with Crippen LogP contribution >= 0.6 is 0 Å². The highest BCUT2D eigenvalue weighted by atomic mass is 16.5. The normalized spacial score (nSPS) is 17.4. The highest BCUT2D eigenvalue weighted by Gasteiger charge is 2.50. The minimum atomic E-state index is -0.417. The van der Waals surface area contributed by atoms with E-state index >= 15 is 0 Å². The Bertz CT molecular complexity index is 7470. The van der Waals surface area contributed by atoms with Gasteiger partial charge in [-0.1, -0.05) is 425 Å². The summed E-state index contributed by atoms with van der Waals surface area (Å²) >= 11 is 0. The molecule has 0 radical (unpaired) electrons. The molecule has 3 nitrogen and oxygen atoms in total. The molecule has 0 amide bonds. The van der Waals surface area contributed by atoms with Gasteiger partial charge in [0.2, 0.25) is 0 Å². The Hall–Kier alpha value is -12.2. The van der Waals surface area contributed by atoms with Crippen LogP contribution in [0.5, 0.6) is 5.75 Å². The molecule has 8 aliphatic carbocycles. The van der Waals surface area contributed by atoms with Gasteiger partial charge >= 0.3 is 0 Å². The van der Waals surface area contributed by atoms with Crippen LogP contribution in [0.4, 0.5) is 17.1 Å². The second kappa shape index (κ2) is 37.3. The molecule has 14 aromatic rings. The van der Waals surface area contributed by atoms with Crippen LogP contribution in [0.2, 0.25) is 0 Å². The second-order valence-corrected chi connectivity index (χ2v) is 45.7. The molecule has 9 aliphatic rings. The van der Waals surface area contributed by atoms with Gasteiger partial charge in [0.1, 0.15) is 22.7 Å². The quantitative estimate of drug-likeness (QED) is 0.0292. The third-order valence-electron chi connectivity index (χ3n) is 35.8. The predicted octanol–water partition coefficient (Wildman–Crippen LogP) is 39.8. The second-order valence-electron chi connectivity index (χ2n) is 45.7. The number of rotatable bonds is 35. The number of fused-ring (bicyclic) bond motifs is 25. The zero-order valence-electron chi connectivity index (χ0n) is 86.2. The number of hydrogen-bond acceptors (Lipinski definition) is 3. The lowest BCUT2D eigenvalue weighted by molar-refractivity contribution is 0.398. The molecular weight excluding hydrogens is 1700 g/mol. The van der Waals surface area contributed by atoms with Crippen LogP contribution < -0.4 is 9.64 Å². The van der Waals surface area contributed by atoms with Crippen LogP contribution in [0.1, 0.15) is 366 Å². The average Bonchev–Trinajstić information content (AvgIpc) is 1.53. The number of benzene rings is 13. The molecule has 3 heteroatoms. The summed E-state index contributed by atoms with van der Waals surface area (Å²) in [6, 6.07) is 96.2. The van der Waals surface area contributed by atoms with Gasteiger partial charge in [-0.25, -0.2) is 0 Å². The van der Waals surface area contributed by atoms with Crippen LogP contribution in [-0.4, -0.2) is 0 Å². The lowest BCUT2D eigenvalue weighted by Gasteiger charge is -2.33. The summed E-state index contributed by atoms with van der Waals surface area (Å²) < 4.78 is 14.8. The third kappa shape index (κ3) is 15.4. The van der Waals surface area contributed by atoms with E-state index in [1.165, 1.54) is 347 Å². The van der Waals surface area contributed by atoms with Gasteiger partial charge in [0.15, 0.2) is 0 Å². The van der Waals surface area contributed by atoms with Gasteiger partial charge in [-0.05, 0) is 290 Å². The van der Waals surface area contributed by atoms with Crippen LogP contribution in [0.3, 0.4) is 0 Å².